The Hall–Kier alpha value is -1.21. The molecule has 0 saturated heterocycles. The van der Waals surface area contributed by atoms with E-state index in [0.29, 0.717) is 11.5 Å². The van der Waals surface area contributed by atoms with Crippen LogP contribution in [0.2, 0.25) is 0 Å². The number of nitrogens with zero attached hydrogens (tertiary/aromatic N) is 1. The predicted octanol–water partition coefficient (Wildman–Crippen LogP) is 4.30. The van der Waals surface area contributed by atoms with Crippen LogP contribution in [0.1, 0.15) is 32.3 Å². The highest BCUT2D eigenvalue weighted by Gasteiger charge is 2.36. The van der Waals surface area contributed by atoms with Crippen LogP contribution in [0.15, 0.2) is 18.2 Å². The van der Waals surface area contributed by atoms with Crippen molar-refractivity contribution in [1.82, 2.24) is 0 Å². The van der Waals surface area contributed by atoms with Gasteiger partial charge in [0.1, 0.15) is 0 Å². The number of alkyl halides is 1. The minimum absolute atomic E-state index is 0.227. The molecule has 0 aliphatic heterocycles. The summed E-state index contributed by atoms with van der Waals surface area (Å²) >= 11 is 3.45. The Morgan fingerprint density at radius 2 is 1.90 bits per heavy atom. The van der Waals surface area contributed by atoms with Crippen molar-refractivity contribution in [3.63, 3.8) is 0 Å². The molecule has 0 fully saturated rings. The van der Waals surface area contributed by atoms with Crippen molar-refractivity contribution in [1.29, 1.82) is 5.26 Å². The van der Waals surface area contributed by atoms with E-state index in [1.165, 1.54) is 0 Å². The molecule has 1 aromatic rings. The minimum atomic E-state index is -0.493. The maximum Gasteiger partial charge on any atom is 0.161 e. The van der Waals surface area contributed by atoms with Gasteiger partial charge in [0.15, 0.2) is 11.5 Å². The Labute approximate surface area is 130 Å². The van der Waals surface area contributed by atoms with E-state index in [-0.39, 0.29) is 5.92 Å². The van der Waals surface area contributed by atoms with Crippen LogP contribution >= 0.6 is 15.9 Å². The Morgan fingerprint density at radius 3 is 2.35 bits per heavy atom. The average Bonchev–Trinajstić information content (AvgIpc) is 2.47. The van der Waals surface area contributed by atoms with Gasteiger partial charge in [0.25, 0.3) is 0 Å². The second-order valence-corrected chi connectivity index (χ2v) is 5.89. The molecular weight excluding hydrogens is 318 g/mol. The fourth-order valence-corrected chi connectivity index (χ4v) is 2.76. The van der Waals surface area contributed by atoms with E-state index in [0.717, 1.165) is 23.7 Å². The molecule has 1 rings (SSSR count). The molecule has 0 unspecified atom stereocenters. The third-order valence-electron chi connectivity index (χ3n) is 3.79. The third kappa shape index (κ3) is 3.27. The Bertz CT molecular complexity index is 482. The molecule has 0 N–H and O–H groups in total. The molecule has 4 heteroatoms. The molecule has 0 aliphatic carbocycles. The number of rotatable bonds is 7. The van der Waals surface area contributed by atoms with E-state index in [9.17, 15) is 5.26 Å². The number of ether oxygens (including phenoxy) is 2. The van der Waals surface area contributed by atoms with Crippen LogP contribution < -0.4 is 9.47 Å². The Kier molecular flexibility index (Phi) is 6.35. The highest BCUT2D eigenvalue weighted by atomic mass is 79.9. The number of halogens is 1. The lowest BCUT2D eigenvalue weighted by Gasteiger charge is -2.31. The van der Waals surface area contributed by atoms with Crippen molar-refractivity contribution >= 4 is 15.9 Å². The lowest BCUT2D eigenvalue weighted by atomic mass is 9.70. The summed E-state index contributed by atoms with van der Waals surface area (Å²) in [5.41, 5.74) is 0.501. The zero-order valence-electron chi connectivity index (χ0n) is 12.6. The standard InChI is InChI=1S/C16H22BrNO2/c1-12(2)16(11-18,8-5-9-17)13-6-7-14(19-3)15(10-13)20-4/h6-7,10,12H,5,8-9H2,1-4H3/t16-/m1/s1. The van der Waals surface area contributed by atoms with E-state index in [1.807, 2.05) is 18.2 Å². The van der Waals surface area contributed by atoms with Crippen LogP contribution in [-0.2, 0) is 5.41 Å². The predicted molar refractivity (Wildman–Crippen MR) is 84.7 cm³/mol. The SMILES string of the molecule is COc1ccc([C@@](C#N)(CCCBr)C(C)C)cc1OC. The van der Waals surface area contributed by atoms with E-state index in [1.54, 1.807) is 14.2 Å². The van der Waals surface area contributed by atoms with Gasteiger partial charge in [-0.15, -0.1) is 0 Å². The summed E-state index contributed by atoms with van der Waals surface area (Å²) in [4.78, 5) is 0. The molecule has 110 valence electrons. The molecule has 1 atom stereocenters. The molecule has 0 amide bonds. The number of nitriles is 1. The fraction of sp³-hybridized carbons (Fsp3) is 0.562. The first-order valence-corrected chi connectivity index (χ1v) is 7.87. The molecule has 0 aromatic heterocycles. The van der Waals surface area contributed by atoms with Crippen molar-refractivity contribution in [2.75, 3.05) is 19.5 Å². The zero-order valence-corrected chi connectivity index (χ0v) is 14.2. The monoisotopic (exact) mass is 339 g/mol. The lowest BCUT2D eigenvalue weighted by Crippen LogP contribution is -2.31. The summed E-state index contributed by atoms with van der Waals surface area (Å²) in [5.74, 6) is 1.58. The van der Waals surface area contributed by atoms with Crippen LogP contribution in [0.3, 0.4) is 0 Å². The van der Waals surface area contributed by atoms with E-state index >= 15 is 0 Å². The lowest BCUT2D eigenvalue weighted by molar-refractivity contribution is 0.344. The molecule has 20 heavy (non-hydrogen) atoms. The van der Waals surface area contributed by atoms with Gasteiger partial charge < -0.3 is 9.47 Å². The summed E-state index contributed by atoms with van der Waals surface area (Å²) < 4.78 is 10.6. The van der Waals surface area contributed by atoms with Crippen LogP contribution in [0.5, 0.6) is 11.5 Å². The first kappa shape index (κ1) is 16.8. The molecule has 0 saturated carbocycles. The van der Waals surface area contributed by atoms with Gasteiger partial charge in [-0.3, -0.25) is 0 Å². The van der Waals surface area contributed by atoms with Gasteiger partial charge in [0, 0.05) is 5.33 Å². The van der Waals surface area contributed by atoms with Gasteiger partial charge in [-0.05, 0) is 36.5 Å². The molecule has 1 aromatic carbocycles. The summed E-state index contributed by atoms with van der Waals surface area (Å²) in [6.45, 7) is 4.18. The van der Waals surface area contributed by atoms with Crippen molar-refractivity contribution in [3.8, 4) is 17.6 Å². The summed E-state index contributed by atoms with van der Waals surface area (Å²) in [7, 11) is 3.23. The van der Waals surface area contributed by atoms with Crippen LogP contribution in [0.4, 0.5) is 0 Å². The van der Waals surface area contributed by atoms with Crippen LogP contribution in [0.25, 0.3) is 0 Å². The van der Waals surface area contributed by atoms with Crippen molar-refractivity contribution in [2.24, 2.45) is 5.92 Å². The number of benzene rings is 1. The largest absolute Gasteiger partial charge is 0.493 e. The van der Waals surface area contributed by atoms with Gasteiger partial charge in [0.2, 0.25) is 0 Å². The smallest absolute Gasteiger partial charge is 0.161 e. The quantitative estimate of drug-likeness (QED) is 0.695. The first-order valence-electron chi connectivity index (χ1n) is 6.75. The number of hydrogen-bond acceptors (Lipinski definition) is 3. The number of methoxy groups -OCH3 is 2. The van der Waals surface area contributed by atoms with Crippen molar-refractivity contribution in [2.45, 2.75) is 32.1 Å². The second kappa shape index (κ2) is 7.54. The topological polar surface area (TPSA) is 42.2 Å². The van der Waals surface area contributed by atoms with Gasteiger partial charge in [-0.2, -0.15) is 5.26 Å². The van der Waals surface area contributed by atoms with Crippen LogP contribution in [-0.4, -0.2) is 19.5 Å². The maximum absolute atomic E-state index is 9.78. The van der Waals surface area contributed by atoms with E-state index < -0.39 is 5.41 Å². The molecule has 0 heterocycles. The fourth-order valence-electron chi connectivity index (χ4n) is 2.48. The Balaban J connectivity index is 3.31. The van der Waals surface area contributed by atoms with Crippen molar-refractivity contribution < 1.29 is 9.47 Å². The third-order valence-corrected chi connectivity index (χ3v) is 4.35. The van der Waals surface area contributed by atoms with Gasteiger partial charge in [0.05, 0.1) is 25.7 Å². The van der Waals surface area contributed by atoms with E-state index in [4.69, 9.17) is 9.47 Å². The maximum atomic E-state index is 9.78. The highest BCUT2D eigenvalue weighted by molar-refractivity contribution is 9.09. The van der Waals surface area contributed by atoms with E-state index in [2.05, 4.69) is 35.8 Å². The molecule has 3 nitrogen and oxygen atoms in total. The summed E-state index contributed by atoms with van der Waals surface area (Å²) in [5, 5.41) is 10.7. The normalized spacial score (nSPS) is 13.7. The highest BCUT2D eigenvalue weighted by Crippen LogP contribution is 2.40. The molecular formula is C16H22BrNO2. The first-order chi connectivity index (χ1) is 9.55. The molecule has 0 aliphatic rings. The molecule has 0 radical (unpaired) electrons. The zero-order chi connectivity index (χ0) is 15.2. The summed E-state index contributed by atoms with van der Waals surface area (Å²) in [6.07, 6.45) is 1.78. The summed E-state index contributed by atoms with van der Waals surface area (Å²) in [6, 6.07) is 8.31. The van der Waals surface area contributed by atoms with Gasteiger partial charge in [-0.25, -0.2) is 0 Å². The minimum Gasteiger partial charge on any atom is -0.493 e. The second-order valence-electron chi connectivity index (χ2n) is 5.10. The Morgan fingerprint density at radius 1 is 1.25 bits per heavy atom. The van der Waals surface area contributed by atoms with Crippen LogP contribution in [0, 0.1) is 17.2 Å². The number of hydrogen-bond donors (Lipinski definition) is 0. The molecule has 0 bridgehead atoms. The van der Waals surface area contributed by atoms with Gasteiger partial charge >= 0.3 is 0 Å². The van der Waals surface area contributed by atoms with Gasteiger partial charge in [-0.1, -0.05) is 35.8 Å². The molecule has 0 spiro atoms. The van der Waals surface area contributed by atoms with Crippen molar-refractivity contribution in [3.05, 3.63) is 23.8 Å². The average molecular weight is 340 g/mol.